The van der Waals surface area contributed by atoms with Crippen LogP contribution in [0.1, 0.15) is 52.9 Å². The monoisotopic (exact) mass is 526 g/mol. The summed E-state index contributed by atoms with van der Waals surface area (Å²) in [6.07, 6.45) is -2.62. The molecule has 4 rings (SSSR count). The summed E-state index contributed by atoms with van der Waals surface area (Å²) in [6, 6.07) is 13.8. The Hall–Kier alpha value is -3.56. The molecule has 4 N–H and O–H groups in total. The van der Waals surface area contributed by atoms with Crippen molar-refractivity contribution in [1.29, 1.82) is 0 Å². The second-order valence-corrected chi connectivity index (χ2v) is 9.52. The van der Waals surface area contributed by atoms with Crippen LogP contribution in [0.5, 0.6) is 0 Å². The molecule has 5 nitrogen and oxygen atoms in total. The lowest BCUT2D eigenvalue weighted by atomic mass is 9.84. The molecule has 1 aliphatic heterocycles. The maximum absolute atomic E-state index is 13.0. The fourth-order valence-electron chi connectivity index (χ4n) is 4.74. The Morgan fingerprint density at radius 3 is 2.24 bits per heavy atom. The van der Waals surface area contributed by atoms with E-state index in [0.29, 0.717) is 35.1 Å². The van der Waals surface area contributed by atoms with E-state index in [4.69, 9.17) is 18.0 Å². The molecule has 3 aromatic carbocycles. The van der Waals surface area contributed by atoms with Crippen LogP contribution in [0.3, 0.4) is 0 Å². The minimum atomic E-state index is -4.49. The highest BCUT2D eigenvalue weighted by Gasteiger charge is 2.32. The molecule has 2 atom stereocenters. The van der Waals surface area contributed by atoms with Gasteiger partial charge in [0.2, 0.25) is 5.91 Å². The number of primary amides is 1. The van der Waals surface area contributed by atoms with Gasteiger partial charge in [-0.15, -0.1) is 0 Å². The summed E-state index contributed by atoms with van der Waals surface area (Å²) < 4.78 is 39.0. The number of rotatable bonds is 7. The maximum Gasteiger partial charge on any atom is 0.416 e. The quantitative estimate of drug-likeness (QED) is 0.331. The molecule has 2 unspecified atom stereocenters. The SMILES string of the molecule is CCCC(=S)C1NC(C(N)=O)Cc2cc(-c3cccc(-c4ccc(C(F)(F)F)cc4)c3C(=O)O)ccc21. The Morgan fingerprint density at radius 2 is 1.68 bits per heavy atom. The third-order valence-corrected chi connectivity index (χ3v) is 6.96. The molecule has 192 valence electrons. The van der Waals surface area contributed by atoms with Crippen molar-refractivity contribution in [3.8, 4) is 22.3 Å². The predicted octanol–water partition coefficient (Wildman–Crippen LogP) is 5.95. The summed E-state index contributed by atoms with van der Waals surface area (Å²) >= 11 is 5.61. The number of carbonyl (C=O) groups is 2. The van der Waals surface area contributed by atoms with Gasteiger partial charge in [-0.3, -0.25) is 10.1 Å². The summed E-state index contributed by atoms with van der Waals surface area (Å²) in [5.41, 5.74) is 8.18. The first-order valence-corrected chi connectivity index (χ1v) is 12.2. The Bertz CT molecular complexity index is 1370. The van der Waals surface area contributed by atoms with Crippen molar-refractivity contribution < 1.29 is 27.9 Å². The molecule has 0 fully saturated rings. The van der Waals surface area contributed by atoms with Crippen molar-refractivity contribution in [2.24, 2.45) is 5.73 Å². The number of carbonyl (C=O) groups excluding carboxylic acids is 1. The zero-order valence-corrected chi connectivity index (χ0v) is 20.7. The lowest BCUT2D eigenvalue weighted by Gasteiger charge is -2.32. The summed E-state index contributed by atoms with van der Waals surface area (Å²) in [5.74, 6) is -1.71. The van der Waals surface area contributed by atoms with E-state index >= 15 is 0 Å². The molecule has 1 amide bonds. The molecular weight excluding hydrogens is 501 g/mol. The number of thiocarbonyl (C=S) groups is 1. The second-order valence-electron chi connectivity index (χ2n) is 9.00. The maximum atomic E-state index is 13.0. The Labute approximate surface area is 217 Å². The molecule has 0 saturated carbocycles. The molecule has 37 heavy (non-hydrogen) atoms. The van der Waals surface area contributed by atoms with E-state index in [1.807, 2.05) is 19.1 Å². The van der Waals surface area contributed by atoms with Gasteiger partial charge in [-0.25, -0.2) is 4.79 Å². The molecule has 0 radical (unpaired) electrons. The molecule has 0 saturated heterocycles. The second kappa shape index (κ2) is 10.4. The summed E-state index contributed by atoms with van der Waals surface area (Å²) in [6.45, 7) is 2.02. The Kier molecular flexibility index (Phi) is 7.47. The Balaban J connectivity index is 1.81. The molecular formula is C28H25F3N2O3S. The van der Waals surface area contributed by atoms with Gasteiger partial charge in [0.05, 0.1) is 23.2 Å². The standard InChI is InChI=1S/C28H25F3N2O3S/c1-2-4-23(37)25-21-12-9-16(13-17(21)14-22(33-25)26(32)34)20-6-3-5-19(24(20)27(35)36)15-7-10-18(11-8-15)28(29,30)31/h3,5-13,22,25,33H,2,4,14H2,1H3,(H2,32,34)(H,35,36). The number of halogens is 3. The van der Waals surface area contributed by atoms with E-state index in [0.717, 1.165) is 34.5 Å². The zero-order valence-electron chi connectivity index (χ0n) is 19.9. The average Bonchev–Trinajstić information content (AvgIpc) is 2.86. The first kappa shape index (κ1) is 26.5. The molecule has 1 aliphatic rings. The predicted molar refractivity (Wildman–Crippen MR) is 139 cm³/mol. The summed E-state index contributed by atoms with van der Waals surface area (Å²) in [5, 5.41) is 13.4. The fourth-order valence-corrected chi connectivity index (χ4v) is 5.14. The number of aromatic carboxylic acids is 1. The minimum Gasteiger partial charge on any atom is -0.478 e. The molecule has 3 aromatic rings. The van der Waals surface area contributed by atoms with Gasteiger partial charge in [0, 0.05) is 4.86 Å². The van der Waals surface area contributed by atoms with Crippen LogP contribution in [0.25, 0.3) is 22.3 Å². The topological polar surface area (TPSA) is 92.4 Å². The molecule has 0 spiro atoms. The first-order valence-electron chi connectivity index (χ1n) is 11.8. The van der Waals surface area contributed by atoms with Crippen LogP contribution in [0.2, 0.25) is 0 Å². The highest BCUT2D eigenvalue weighted by Crippen LogP contribution is 2.37. The number of carboxylic acid groups (broad SMARTS) is 1. The average molecular weight is 527 g/mol. The number of fused-ring (bicyclic) bond motifs is 1. The number of hydrogen-bond acceptors (Lipinski definition) is 4. The number of alkyl halides is 3. The number of benzene rings is 3. The van der Waals surface area contributed by atoms with E-state index in [9.17, 15) is 27.9 Å². The molecule has 0 bridgehead atoms. The van der Waals surface area contributed by atoms with Crippen molar-refractivity contribution in [3.05, 3.63) is 82.9 Å². The van der Waals surface area contributed by atoms with Crippen LogP contribution in [0.15, 0.2) is 60.7 Å². The number of hydrogen-bond donors (Lipinski definition) is 3. The van der Waals surface area contributed by atoms with Crippen LogP contribution in [0.4, 0.5) is 13.2 Å². The van der Waals surface area contributed by atoms with E-state index in [2.05, 4.69) is 5.32 Å². The molecule has 0 aromatic heterocycles. The smallest absolute Gasteiger partial charge is 0.416 e. The fraction of sp³-hybridized carbons (Fsp3) is 0.250. The van der Waals surface area contributed by atoms with Crippen LogP contribution in [-0.2, 0) is 17.4 Å². The number of amides is 1. The summed E-state index contributed by atoms with van der Waals surface area (Å²) in [4.78, 5) is 25.2. The van der Waals surface area contributed by atoms with E-state index < -0.39 is 29.7 Å². The van der Waals surface area contributed by atoms with E-state index in [1.165, 1.54) is 12.1 Å². The van der Waals surface area contributed by atoms with Crippen molar-refractivity contribution in [2.45, 2.75) is 44.4 Å². The lowest BCUT2D eigenvalue weighted by molar-refractivity contribution is -0.137. The van der Waals surface area contributed by atoms with E-state index in [1.54, 1.807) is 24.3 Å². The molecule has 0 aliphatic carbocycles. The number of nitrogens with two attached hydrogens (primary N) is 1. The van der Waals surface area contributed by atoms with Gasteiger partial charge in [-0.2, -0.15) is 13.2 Å². The third-order valence-electron chi connectivity index (χ3n) is 6.52. The van der Waals surface area contributed by atoms with Gasteiger partial charge < -0.3 is 10.8 Å². The van der Waals surface area contributed by atoms with Crippen molar-refractivity contribution in [3.63, 3.8) is 0 Å². The normalized spacial score (nSPS) is 17.2. The lowest BCUT2D eigenvalue weighted by Crippen LogP contribution is -2.49. The van der Waals surface area contributed by atoms with Crippen LogP contribution in [0, 0.1) is 0 Å². The molecule has 1 heterocycles. The van der Waals surface area contributed by atoms with Crippen LogP contribution in [-0.4, -0.2) is 27.9 Å². The van der Waals surface area contributed by atoms with Crippen molar-refractivity contribution >= 4 is 29.0 Å². The van der Waals surface area contributed by atoms with Crippen molar-refractivity contribution in [2.75, 3.05) is 0 Å². The van der Waals surface area contributed by atoms with Gasteiger partial charge >= 0.3 is 12.1 Å². The minimum absolute atomic E-state index is 0.0272. The van der Waals surface area contributed by atoms with Gasteiger partial charge in [-0.05, 0) is 58.4 Å². The largest absolute Gasteiger partial charge is 0.478 e. The first-order chi connectivity index (χ1) is 17.5. The number of carboxylic acids is 1. The number of nitrogens with one attached hydrogen (secondary N) is 1. The highest BCUT2D eigenvalue weighted by molar-refractivity contribution is 7.80. The molecule has 9 heteroatoms. The van der Waals surface area contributed by atoms with Crippen LogP contribution < -0.4 is 11.1 Å². The van der Waals surface area contributed by atoms with E-state index in [-0.39, 0.29) is 11.6 Å². The highest BCUT2D eigenvalue weighted by atomic mass is 32.1. The van der Waals surface area contributed by atoms with Gasteiger partial charge in [0.1, 0.15) is 0 Å². The van der Waals surface area contributed by atoms with Gasteiger partial charge in [0.15, 0.2) is 0 Å². The zero-order chi connectivity index (χ0) is 26.9. The van der Waals surface area contributed by atoms with Gasteiger partial charge in [-0.1, -0.05) is 74.1 Å². The third kappa shape index (κ3) is 5.42. The Morgan fingerprint density at radius 1 is 1.05 bits per heavy atom. The summed E-state index contributed by atoms with van der Waals surface area (Å²) in [7, 11) is 0. The van der Waals surface area contributed by atoms with Crippen LogP contribution >= 0.6 is 12.2 Å². The van der Waals surface area contributed by atoms with Gasteiger partial charge in [0.25, 0.3) is 0 Å². The van der Waals surface area contributed by atoms with Crippen molar-refractivity contribution in [1.82, 2.24) is 5.32 Å².